The van der Waals surface area contributed by atoms with E-state index in [9.17, 15) is 9.59 Å². The molecule has 11 heteroatoms. The summed E-state index contributed by atoms with van der Waals surface area (Å²) in [5.41, 5.74) is 2.42. The van der Waals surface area contributed by atoms with E-state index in [1.165, 1.54) is 6.20 Å². The van der Waals surface area contributed by atoms with Gasteiger partial charge in [-0.15, -0.1) is 0 Å². The lowest BCUT2D eigenvalue weighted by Gasteiger charge is -2.25. The maximum absolute atomic E-state index is 12.7. The largest absolute Gasteiger partial charge is 0.506 e. The summed E-state index contributed by atoms with van der Waals surface area (Å²) in [4.78, 5) is 32.2. The fraction of sp³-hybridized carbons (Fsp3) is 0.111. The summed E-state index contributed by atoms with van der Waals surface area (Å²) in [6, 6.07) is 16.8. The minimum absolute atomic E-state index is 0.260. The Bertz CT molecular complexity index is 1480. The Kier molecular flexibility index (Phi) is 7.30. The molecule has 0 aliphatic carbocycles. The van der Waals surface area contributed by atoms with Crippen LogP contribution in [0.2, 0.25) is 10.0 Å². The zero-order valence-corrected chi connectivity index (χ0v) is 21.1. The van der Waals surface area contributed by atoms with Gasteiger partial charge in [0.15, 0.2) is 5.82 Å². The van der Waals surface area contributed by atoms with E-state index in [4.69, 9.17) is 42.5 Å². The first kappa shape index (κ1) is 25.3. The zero-order chi connectivity index (χ0) is 26.6. The molecule has 1 aliphatic rings. The number of hydrogen-bond acceptors (Lipinski definition) is 7. The summed E-state index contributed by atoms with van der Waals surface area (Å²) in [6.45, 7) is 0.296. The summed E-state index contributed by atoms with van der Waals surface area (Å²) in [5, 5.41) is 12.6. The monoisotopic (exact) mass is 551 g/mol. The van der Waals surface area contributed by atoms with Gasteiger partial charge in [0, 0.05) is 34.2 Å². The van der Waals surface area contributed by atoms with Crippen molar-refractivity contribution in [1.82, 2.24) is 9.97 Å². The van der Waals surface area contributed by atoms with Crippen molar-refractivity contribution in [3.63, 3.8) is 0 Å². The molecule has 4 aromatic rings. The Balaban J connectivity index is 1.24. The lowest BCUT2D eigenvalue weighted by atomic mass is 10.0. The highest BCUT2D eigenvalue weighted by atomic mass is 35.5. The van der Waals surface area contributed by atoms with E-state index in [1.807, 2.05) is 12.1 Å². The molecule has 3 aromatic carbocycles. The summed E-state index contributed by atoms with van der Waals surface area (Å²) < 4.78 is 16.4. The van der Waals surface area contributed by atoms with Crippen molar-refractivity contribution in [2.75, 3.05) is 11.9 Å². The van der Waals surface area contributed by atoms with Crippen molar-refractivity contribution >= 4 is 41.1 Å². The lowest BCUT2D eigenvalue weighted by Crippen LogP contribution is -2.18. The van der Waals surface area contributed by atoms with Crippen molar-refractivity contribution < 1.29 is 28.9 Å². The predicted octanol–water partition coefficient (Wildman–Crippen LogP) is 7.01. The average molecular weight is 552 g/mol. The molecule has 9 nitrogen and oxygen atoms in total. The van der Waals surface area contributed by atoms with Gasteiger partial charge in [-0.2, -0.15) is 0 Å². The van der Waals surface area contributed by atoms with Gasteiger partial charge in [0.2, 0.25) is 0 Å². The highest BCUT2D eigenvalue weighted by Crippen LogP contribution is 2.42. The third kappa shape index (κ3) is 5.80. The second-order valence-electron chi connectivity index (χ2n) is 8.20. The minimum Gasteiger partial charge on any atom is -0.493 e. The third-order valence-electron chi connectivity index (χ3n) is 5.67. The molecule has 1 aliphatic heterocycles. The normalized spacial score (nSPS) is 14.1. The van der Waals surface area contributed by atoms with Crippen LogP contribution in [0.5, 0.6) is 17.2 Å². The minimum atomic E-state index is -1.37. The van der Waals surface area contributed by atoms with Gasteiger partial charge in [-0.1, -0.05) is 35.3 Å². The first-order chi connectivity index (χ1) is 18.4. The number of anilines is 1. The number of hydrogen-bond donors (Lipinski definition) is 2. The molecule has 1 aromatic heterocycles. The predicted molar refractivity (Wildman–Crippen MR) is 140 cm³/mol. The maximum atomic E-state index is 12.7. The molecule has 2 heterocycles. The molecule has 0 fully saturated rings. The van der Waals surface area contributed by atoms with Crippen molar-refractivity contribution in [1.29, 1.82) is 0 Å². The van der Waals surface area contributed by atoms with Crippen LogP contribution in [0.25, 0.3) is 11.3 Å². The van der Waals surface area contributed by atoms with Crippen LogP contribution < -0.4 is 14.8 Å². The quantitative estimate of drug-likeness (QED) is 0.245. The number of halogens is 2. The number of carboxylic acid groups (broad SMARTS) is 1. The van der Waals surface area contributed by atoms with E-state index in [2.05, 4.69) is 15.3 Å². The van der Waals surface area contributed by atoms with E-state index in [0.717, 1.165) is 5.56 Å². The van der Waals surface area contributed by atoms with Crippen LogP contribution in [-0.4, -0.2) is 33.7 Å². The number of carbonyl (C=O) groups excluding carboxylic acids is 1. The lowest BCUT2D eigenvalue weighted by molar-refractivity contribution is 0.0326. The van der Waals surface area contributed by atoms with Gasteiger partial charge < -0.3 is 24.6 Å². The Hall–Kier alpha value is -4.34. The number of ether oxygens (including phenoxy) is 3. The molecule has 1 amide bonds. The van der Waals surface area contributed by atoms with Gasteiger partial charge in [0.25, 0.3) is 5.91 Å². The first-order valence-electron chi connectivity index (χ1n) is 11.4. The van der Waals surface area contributed by atoms with Gasteiger partial charge in [-0.25, -0.2) is 9.78 Å². The SMILES string of the molecule is O=C(O)OC1CCOc2cc(Oc3ccc(C(=O)Nc4cnc(-c5ccc(Cl)cc5)cn4)cc3)c(Cl)cc21. The van der Waals surface area contributed by atoms with Crippen LogP contribution in [0.1, 0.15) is 28.4 Å². The number of aromatic nitrogens is 2. The number of rotatable bonds is 6. The Morgan fingerprint density at radius 3 is 2.45 bits per heavy atom. The number of nitrogens with zero attached hydrogens (tertiary/aromatic N) is 2. The molecule has 192 valence electrons. The summed E-state index contributed by atoms with van der Waals surface area (Å²) >= 11 is 12.3. The second-order valence-corrected chi connectivity index (χ2v) is 9.05. The molecule has 0 spiro atoms. The maximum Gasteiger partial charge on any atom is 0.506 e. The van der Waals surface area contributed by atoms with E-state index in [-0.39, 0.29) is 10.9 Å². The third-order valence-corrected chi connectivity index (χ3v) is 6.22. The molecular formula is C27H19Cl2N3O6. The number of amides is 1. The summed E-state index contributed by atoms with van der Waals surface area (Å²) in [5.74, 6) is 1.12. The molecule has 0 bridgehead atoms. The van der Waals surface area contributed by atoms with Crippen LogP contribution in [0, 0.1) is 0 Å². The number of carbonyl (C=O) groups is 2. The van der Waals surface area contributed by atoms with Crippen molar-refractivity contribution in [2.24, 2.45) is 0 Å². The van der Waals surface area contributed by atoms with E-state index >= 15 is 0 Å². The molecule has 38 heavy (non-hydrogen) atoms. The van der Waals surface area contributed by atoms with Crippen molar-refractivity contribution in [3.8, 4) is 28.5 Å². The Morgan fingerprint density at radius 2 is 1.76 bits per heavy atom. The molecular weight excluding hydrogens is 533 g/mol. The van der Waals surface area contributed by atoms with Gasteiger partial charge in [0.1, 0.15) is 23.4 Å². The standard InChI is InChI=1S/C27H19Cl2N3O6/c28-17-5-1-15(2-6-17)21-13-31-25(14-30-21)32-26(33)16-3-7-18(8-4-16)37-24-12-23-19(11-20(24)29)22(9-10-36-23)38-27(34)35/h1-8,11-14,22H,9-10H2,(H,34,35)(H,31,32,33). The van der Waals surface area contributed by atoms with E-state index in [0.29, 0.717) is 57.9 Å². The van der Waals surface area contributed by atoms with Crippen molar-refractivity contribution in [2.45, 2.75) is 12.5 Å². The van der Waals surface area contributed by atoms with E-state index < -0.39 is 12.3 Å². The topological polar surface area (TPSA) is 120 Å². The van der Waals surface area contributed by atoms with E-state index in [1.54, 1.807) is 54.7 Å². The fourth-order valence-corrected chi connectivity index (χ4v) is 4.17. The number of fused-ring (bicyclic) bond motifs is 1. The molecule has 0 saturated carbocycles. The average Bonchev–Trinajstić information content (AvgIpc) is 2.91. The Labute approximate surface area is 226 Å². The van der Waals surface area contributed by atoms with Gasteiger partial charge in [0.05, 0.1) is 29.7 Å². The van der Waals surface area contributed by atoms with Crippen LogP contribution in [-0.2, 0) is 4.74 Å². The van der Waals surface area contributed by atoms with Gasteiger partial charge in [-0.05, 0) is 42.5 Å². The van der Waals surface area contributed by atoms with Gasteiger partial charge in [-0.3, -0.25) is 9.78 Å². The molecule has 2 N–H and O–H groups in total. The van der Waals surface area contributed by atoms with Crippen LogP contribution >= 0.6 is 23.2 Å². The molecule has 5 rings (SSSR count). The molecule has 1 atom stereocenters. The van der Waals surface area contributed by atoms with Gasteiger partial charge >= 0.3 is 6.16 Å². The smallest absolute Gasteiger partial charge is 0.493 e. The fourth-order valence-electron chi connectivity index (χ4n) is 3.83. The highest BCUT2D eigenvalue weighted by molar-refractivity contribution is 6.32. The molecule has 0 saturated heterocycles. The molecule has 1 unspecified atom stereocenters. The number of nitrogens with one attached hydrogen (secondary N) is 1. The zero-order valence-electron chi connectivity index (χ0n) is 19.6. The second kappa shape index (κ2) is 11.0. The van der Waals surface area contributed by atoms with Crippen LogP contribution in [0.4, 0.5) is 10.6 Å². The number of benzene rings is 3. The first-order valence-corrected chi connectivity index (χ1v) is 12.1. The summed E-state index contributed by atoms with van der Waals surface area (Å²) in [6.07, 6.45) is 1.39. The Morgan fingerprint density at radius 1 is 1.00 bits per heavy atom. The molecule has 0 radical (unpaired) electrons. The van der Waals surface area contributed by atoms with Crippen LogP contribution in [0.15, 0.2) is 73.1 Å². The van der Waals surface area contributed by atoms with Crippen molar-refractivity contribution in [3.05, 3.63) is 94.2 Å². The summed E-state index contributed by atoms with van der Waals surface area (Å²) in [7, 11) is 0. The highest BCUT2D eigenvalue weighted by Gasteiger charge is 2.27. The van der Waals surface area contributed by atoms with Crippen LogP contribution in [0.3, 0.4) is 0 Å².